The molecule has 0 radical (unpaired) electrons. The Hall–Kier alpha value is -2.40. The molecule has 0 bridgehead atoms. The van der Waals surface area contributed by atoms with Gasteiger partial charge in [0.15, 0.2) is 11.5 Å². The van der Waals surface area contributed by atoms with Crippen LogP contribution in [0.2, 0.25) is 0 Å². The summed E-state index contributed by atoms with van der Waals surface area (Å²) in [5.41, 5.74) is 1.99. The van der Waals surface area contributed by atoms with E-state index in [-0.39, 0.29) is 17.2 Å². The van der Waals surface area contributed by atoms with E-state index in [2.05, 4.69) is 0 Å². The monoisotopic (exact) mass is 330 g/mol. The Balaban J connectivity index is 1.71. The maximum absolute atomic E-state index is 9.70. The van der Waals surface area contributed by atoms with Crippen molar-refractivity contribution in [3.63, 3.8) is 0 Å². The van der Waals surface area contributed by atoms with Crippen LogP contribution in [0, 0.1) is 11.8 Å². The number of phenolic OH excluding ortho intramolecular Hbond substituents is 3. The summed E-state index contributed by atoms with van der Waals surface area (Å²) < 4.78 is 10.8. The molecular weight excluding hydrogens is 308 g/mol. The molecule has 0 unspecified atom stereocenters. The molecule has 0 aromatic heterocycles. The molecule has 2 atom stereocenters. The summed E-state index contributed by atoms with van der Waals surface area (Å²) in [6, 6.07) is 10.1. The van der Waals surface area contributed by atoms with Crippen molar-refractivity contribution in [1.82, 2.24) is 0 Å². The van der Waals surface area contributed by atoms with Gasteiger partial charge in [0.2, 0.25) is 0 Å². The molecule has 128 valence electrons. The first-order chi connectivity index (χ1) is 11.5. The van der Waals surface area contributed by atoms with Crippen molar-refractivity contribution < 1.29 is 24.8 Å². The Morgan fingerprint density at radius 3 is 2.17 bits per heavy atom. The zero-order chi connectivity index (χ0) is 17.1. The number of ether oxygens (including phenoxy) is 2. The third-order valence-corrected chi connectivity index (χ3v) is 4.53. The van der Waals surface area contributed by atoms with Crippen LogP contribution in [0.15, 0.2) is 36.4 Å². The normalized spacial score (nSPS) is 20.2. The maximum atomic E-state index is 9.70. The van der Waals surface area contributed by atoms with Gasteiger partial charge in [-0.05, 0) is 60.1 Å². The SMILES string of the molecule is COc1cc(C[C@H]2COC[C@@H]2Cc2cc(O)cc(O)c2)ccc1O. The average molecular weight is 330 g/mol. The molecule has 3 N–H and O–H groups in total. The first-order valence-electron chi connectivity index (χ1n) is 8.00. The minimum atomic E-state index is 0.0729. The molecule has 1 aliphatic heterocycles. The number of hydrogen-bond donors (Lipinski definition) is 3. The number of benzene rings is 2. The van der Waals surface area contributed by atoms with Crippen LogP contribution >= 0.6 is 0 Å². The third-order valence-electron chi connectivity index (χ3n) is 4.53. The molecule has 2 aromatic carbocycles. The maximum Gasteiger partial charge on any atom is 0.160 e. The van der Waals surface area contributed by atoms with Crippen molar-refractivity contribution in [2.45, 2.75) is 12.8 Å². The molecule has 5 heteroatoms. The fourth-order valence-electron chi connectivity index (χ4n) is 3.32. The Kier molecular flexibility index (Phi) is 4.81. The summed E-state index contributed by atoms with van der Waals surface area (Å²) in [5.74, 6) is 1.40. The van der Waals surface area contributed by atoms with E-state index in [4.69, 9.17) is 9.47 Å². The highest BCUT2D eigenvalue weighted by Gasteiger charge is 2.29. The van der Waals surface area contributed by atoms with Crippen LogP contribution in [0.4, 0.5) is 0 Å². The Bertz CT molecular complexity index is 693. The summed E-state index contributed by atoms with van der Waals surface area (Å²) >= 11 is 0. The van der Waals surface area contributed by atoms with Crippen LogP contribution in [0.25, 0.3) is 0 Å². The lowest BCUT2D eigenvalue weighted by atomic mass is 9.85. The molecule has 2 aromatic rings. The second kappa shape index (κ2) is 7.01. The summed E-state index contributed by atoms with van der Waals surface area (Å²) in [6.45, 7) is 1.34. The van der Waals surface area contributed by atoms with Gasteiger partial charge in [-0.2, -0.15) is 0 Å². The molecule has 1 heterocycles. The molecule has 24 heavy (non-hydrogen) atoms. The predicted molar refractivity (Wildman–Crippen MR) is 89.6 cm³/mol. The van der Waals surface area contributed by atoms with E-state index in [1.54, 1.807) is 18.2 Å². The number of rotatable bonds is 5. The van der Waals surface area contributed by atoms with Crippen molar-refractivity contribution in [2.75, 3.05) is 20.3 Å². The molecule has 0 spiro atoms. The zero-order valence-corrected chi connectivity index (χ0v) is 13.6. The van der Waals surface area contributed by atoms with Crippen LogP contribution in [0.1, 0.15) is 11.1 Å². The van der Waals surface area contributed by atoms with Gasteiger partial charge in [-0.3, -0.25) is 0 Å². The smallest absolute Gasteiger partial charge is 0.160 e. The van der Waals surface area contributed by atoms with Gasteiger partial charge in [0.1, 0.15) is 11.5 Å². The summed E-state index contributed by atoms with van der Waals surface area (Å²) in [5, 5.41) is 28.9. The van der Waals surface area contributed by atoms with E-state index in [1.165, 1.54) is 13.2 Å². The van der Waals surface area contributed by atoms with E-state index in [1.807, 2.05) is 12.1 Å². The second-order valence-electron chi connectivity index (χ2n) is 6.33. The molecule has 0 amide bonds. The molecule has 3 rings (SSSR count). The lowest BCUT2D eigenvalue weighted by molar-refractivity contribution is 0.180. The molecular formula is C19H22O5. The Morgan fingerprint density at radius 2 is 1.54 bits per heavy atom. The van der Waals surface area contributed by atoms with E-state index in [0.29, 0.717) is 30.8 Å². The molecule has 1 saturated heterocycles. The molecule has 1 aliphatic rings. The Labute approximate surface area is 141 Å². The number of aromatic hydroxyl groups is 3. The molecule has 0 aliphatic carbocycles. The van der Waals surface area contributed by atoms with Gasteiger partial charge in [-0.25, -0.2) is 0 Å². The van der Waals surface area contributed by atoms with Crippen molar-refractivity contribution in [2.24, 2.45) is 11.8 Å². The second-order valence-corrected chi connectivity index (χ2v) is 6.33. The standard InChI is InChI=1S/C19H22O5/c1-23-19-8-12(2-3-18(19)22)4-14-10-24-11-15(14)5-13-6-16(20)9-17(21)7-13/h2-3,6-9,14-15,20-22H,4-5,10-11H2,1H3/t14-,15-/m0/s1. The summed E-state index contributed by atoms with van der Waals surface area (Å²) in [6.07, 6.45) is 1.56. The average Bonchev–Trinajstić information content (AvgIpc) is 2.95. The van der Waals surface area contributed by atoms with E-state index >= 15 is 0 Å². The first-order valence-corrected chi connectivity index (χ1v) is 8.00. The van der Waals surface area contributed by atoms with Gasteiger partial charge < -0.3 is 24.8 Å². The largest absolute Gasteiger partial charge is 0.508 e. The van der Waals surface area contributed by atoms with E-state index in [0.717, 1.165) is 24.0 Å². The van der Waals surface area contributed by atoms with E-state index in [9.17, 15) is 15.3 Å². The van der Waals surface area contributed by atoms with Crippen molar-refractivity contribution in [3.8, 4) is 23.0 Å². The van der Waals surface area contributed by atoms with Crippen LogP contribution in [-0.4, -0.2) is 35.6 Å². The van der Waals surface area contributed by atoms with Gasteiger partial charge >= 0.3 is 0 Å². The number of phenols is 3. The van der Waals surface area contributed by atoms with Gasteiger partial charge in [-0.15, -0.1) is 0 Å². The summed E-state index contributed by atoms with van der Waals surface area (Å²) in [4.78, 5) is 0. The highest BCUT2D eigenvalue weighted by Crippen LogP contribution is 2.32. The molecule has 5 nitrogen and oxygen atoms in total. The zero-order valence-electron chi connectivity index (χ0n) is 13.6. The van der Waals surface area contributed by atoms with Crippen molar-refractivity contribution >= 4 is 0 Å². The predicted octanol–water partition coefficient (Wildman–Crippen LogP) is 2.86. The minimum Gasteiger partial charge on any atom is -0.508 e. The van der Waals surface area contributed by atoms with Gasteiger partial charge in [0.05, 0.1) is 20.3 Å². The lowest BCUT2D eigenvalue weighted by Crippen LogP contribution is -2.17. The fourth-order valence-corrected chi connectivity index (χ4v) is 3.32. The van der Waals surface area contributed by atoms with Crippen LogP contribution in [0.5, 0.6) is 23.0 Å². The van der Waals surface area contributed by atoms with Gasteiger partial charge in [0.25, 0.3) is 0 Å². The highest BCUT2D eigenvalue weighted by atomic mass is 16.5. The lowest BCUT2D eigenvalue weighted by Gasteiger charge is -2.18. The summed E-state index contributed by atoms with van der Waals surface area (Å²) in [7, 11) is 1.54. The topological polar surface area (TPSA) is 79.2 Å². The first kappa shape index (κ1) is 16.5. The molecule has 0 saturated carbocycles. The highest BCUT2D eigenvalue weighted by molar-refractivity contribution is 5.42. The van der Waals surface area contributed by atoms with Crippen LogP contribution in [0.3, 0.4) is 0 Å². The quantitative estimate of drug-likeness (QED) is 0.785. The molecule has 1 fully saturated rings. The minimum absolute atomic E-state index is 0.0729. The Morgan fingerprint density at radius 1 is 0.917 bits per heavy atom. The van der Waals surface area contributed by atoms with Gasteiger partial charge in [-0.1, -0.05) is 6.07 Å². The van der Waals surface area contributed by atoms with Crippen LogP contribution < -0.4 is 4.74 Å². The number of hydrogen-bond acceptors (Lipinski definition) is 5. The van der Waals surface area contributed by atoms with Crippen molar-refractivity contribution in [3.05, 3.63) is 47.5 Å². The fraction of sp³-hybridized carbons (Fsp3) is 0.368. The van der Waals surface area contributed by atoms with E-state index < -0.39 is 0 Å². The van der Waals surface area contributed by atoms with Crippen molar-refractivity contribution in [1.29, 1.82) is 0 Å². The van der Waals surface area contributed by atoms with Gasteiger partial charge in [0, 0.05) is 6.07 Å². The number of methoxy groups -OCH3 is 1. The van der Waals surface area contributed by atoms with Crippen LogP contribution in [-0.2, 0) is 17.6 Å². The third kappa shape index (κ3) is 3.74.